The molecule has 6 nitrogen and oxygen atoms in total. The van der Waals surface area contributed by atoms with Gasteiger partial charge in [0.25, 0.3) is 0 Å². The number of thioether (sulfide) groups is 1. The van der Waals surface area contributed by atoms with Crippen molar-refractivity contribution in [3.8, 4) is 5.69 Å². The minimum atomic E-state index is -0.451. The molecule has 46 heavy (non-hydrogen) atoms. The van der Waals surface area contributed by atoms with Gasteiger partial charge in [-0.05, 0) is 67.4 Å². The van der Waals surface area contributed by atoms with Crippen molar-refractivity contribution in [2.45, 2.75) is 24.1 Å². The van der Waals surface area contributed by atoms with Crippen molar-refractivity contribution >= 4 is 72.6 Å². The van der Waals surface area contributed by atoms with Crippen LogP contribution in [0.4, 0.5) is 0 Å². The number of carbonyl (C=O) groups is 2. The summed E-state index contributed by atoms with van der Waals surface area (Å²) in [5, 5.41) is 6.45. The molecule has 2 heterocycles. The molecule has 0 radical (unpaired) electrons. The first-order chi connectivity index (χ1) is 22.5. The van der Waals surface area contributed by atoms with Crippen LogP contribution in [0.5, 0.6) is 0 Å². The Balaban J connectivity index is 1.17. The fourth-order valence-electron chi connectivity index (χ4n) is 5.62. The van der Waals surface area contributed by atoms with E-state index in [2.05, 4.69) is 40.1 Å². The van der Waals surface area contributed by atoms with E-state index in [4.69, 9.17) is 9.82 Å². The van der Waals surface area contributed by atoms with Gasteiger partial charge in [-0.1, -0.05) is 83.6 Å². The Labute approximate surface area is 274 Å². The van der Waals surface area contributed by atoms with Crippen LogP contribution in [-0.2, 0) is 9.63 Å². The number of oxime groups is 1. The number of ketones is 1. The summed E-state index contributed by atoms with van der Waals surface area (Å²) in [6.07, 6.45) is 1.49. The molecule has 0 aliphatic rings. The predicted molar refractivity (Wildman–Crippen MR) is 189 cm³/mol. The van der Waals surface area contributed by atoms with Gasteiger partial charge in [0.1, 0.15) is 0 Å². The maximum absolute atomic E-state index is 13.0. The molecule has 7 aromatic rings. The fraction of sp³-hybridized carbons (Fsp3) is 0.105. The summed E-state index contributed by atoms with van der Waals surface area (Å²) in [5.74, 6) is 0.411. The molecular weight excluding hydrogens is 611 g/mol. The zero-order chi connectivity index (χ0) is 31.5. The third kappa shape index (κ3) is 6.09. The minimum Gasteiger partial charge on any atom is -0.318 e. The number of hydrogen-bond donors (Lipinski definition) is 0. The SMILES string of the molecule is CC(=O)ON=C(CCCSc1nc2ccccc2s1)c1ccc2c(c1)c1ccccc1n2-c1ccc(C(=O)c2ccccc2)cc1. The summed E-state index contributed by atoms with van der Waals surface area (Å²) in [6.45, 7) is 1.36. The molecule has 0 N–H and O–H groups in total. The highest BCUT2D eigenvalue weighted by molar-refractivity contribution is 8.01. The number of benzene rings is 5. The topological polar surface area (TPSA) is 73.5 Å². The monoisotopic (exact) mass is 639 g/mol. The van der Waals surface area contributed by atoms with Crippen molar-refractivity contribution in [1.29, 1.82) is 0 Å². The Morgan fingerprint density at radius 1 is 0.783 bits per heavy atom. The predicted octanol–water partition coefficient (Wildman–Crippen LogP) is 9.46. The van der Waals surface area contributed by atoms with E-state index < -0.39 is 5.97 Å². The van der Waals surface area contributed by atoms with Gasteiger partial charge in [0.2, 0.25) is 0 Å². The number of para-hydroxylation sites is 2. The van der Waals surface area contributed by atoms with Crippen molar-refractivity contribution in [3.63, 3.8) is 0 Å². The molecule has 226 valence electrons. The Morgan fingerprint density at radius 3 is 2.28 bits per heavy atom. The van der Waals surface area contributed by atoms with Crippen LogP contribution >= 0.6 is 23.1 Å². The summed E-state index contributed by atoms with van der Waals surface area (Å²) in [6, 6.07) is 39.8. The van der Waals surface area contributed by atoms with E-state index in [-0.39, 0.29) is 5.78 Å². The first kappa shape index (κ1) is 29.6. The summed E-state index contributed by atoms with van der Waals surface area (Å²) in [4.78, 5) is 34.6. The third-order valence-electron chi connectivity index (χ3n) is 7.77. The smallest absolute Gasteiger partial charge is 0.318 e. The highest BCUT2D eigenvalue weighted by Gasteiger charge is 2.16. The van der Waals surface area contributed by atoms with E-state index in [9.17, 15) is 9.59 Å². The van der Waals surface area contributed by atoms with Crippen molar-refractivity contribution in [2.24, 2.45) is 5.16 Å². The van der Waals surface area contributed by atoms with E-state index >= 15 is 0 Å². The van der Waals surface area contributed by atoms with E-state index in [1.54, 1.807) is 23.1 Å². The summed E-state index contributed by atoms with van der Waals surface area (Å²) in [7, 11) is 0. The van der Waals surface area contributed by atoms with Crippen molar-refractivity contribution in [1.82, 2.24) is 9.55 Å². The molecule has 5 aromatic carbocycles. The molecule has 0 unspecified atom stereocenters. The van der Waals surface area contributed by atoms with Gasteiger partial charge in [-0.25, -0.2) is 9.78 Å². The van der Waals surface area contributed by atoms with E-state index in [0.717, 1.165) is 60.8 Å². The Kier molecular flexibility index (Phi) is 8.46. The molecule has 7 rings (SSSR count). The molecule has 0 bridgehead atoms. The highest BCUT2D eigenvalue weighted by atomic mass is 32.2. The van der Waals surface area contributed by atoms with Gasteiger partial charge in [0, 0.05) is 45.8 Å². The van der Waals surface area contributed by atoms with Crippen LogP contribution in [0.15, 0.2) is 131 Å². The molecule has 0 aliphatic heterocycles. The first-order valence-corrected chi connectivity index (χ1v) is 16.8. The molecule has 0 aliphatic carbocycles. The Bertz CT molecular complexity index is 2200. The first-order valence-electron chi connectivity index (χ1n) is 15.0. The third-order valence-corrected chi connectivity index (χ3v) is 10.0. The summed E-state index contributed by atoms with van der Waals surface area (Å²) < 4.78 is 4.44. The van der Waals surface area contributed by atoms with E-state index in [1.165, 1.54) is 11.6 Å². The average Bonchev–Trinajstić information content (AvgIpc) is 3.66. The molecule has 0 atom stereocenters. The van der Waals surface area contributed by atoms with Gasteiger partial charge in [-0.3, -0.25) is 4.79 Å². The highest BCUT2D eigenvalue weighted by Crippen LogP contribution is 2.34. The second-order valence-electron chi connectivity index (χ2n) is 10.8. The normalized spacial score (nSPS) is 11.8. The number of rotatable bonds is 10. The molecule has 8 heteroatoms. The maximum atomic E-state index is 13.0. The molecule has 0 amide bonds. The number of hydrogen-bond acceptors (Lipinski definition) is 7. The summed E-state index contributed by atoms with van der Waals surface area (Å²) >= 11 is 3.44. The van der Waals surface area contributed by atoms with Crippen molar-refractivity contribution in [3.05, 3.63) is 138 Å². The van der Waals surface area contributed by atoms with Crippen LogP contribution in [0.3, 0.4) is 0 Å². The fourth-order valence-corrected chi connectivity index (χ4v) is 7.70. The van der Waals surface area contributed by atoms with E-state index in [1.807, 2.05) is 91.0 Å². The molecule has 2 aromatic heterocycles. The Morgan fingerprint density at radius 2 is 1.48 bits per heavy atom. The van der Waals surface area contributed by atoms with E-state index in [0.29, 0.717) is 17.5 Å². The van der Waals surface area contributed by atoms with Crippen LogP contribution in [-0.4, -0.2) is 32.8 Å². The lowest BCUT2D eigenvalue weighted by Gasteiger charge is -2.10. The molecular formula is C38H29N3O3S2. The van der Waals surface area contributed by atoms with Crippen LogP contribution in [0.2, 0.25) is 0 Å². The lowest BCUT2D eigenvalue weighted by molar-refractivity contribution is -0.140. The lowest BCUT2D eigenvalue weighted by atomic mass is 10.0. The lowest BCUT2D eigenvalue weighted by Crippen LogP contribution is -2.05. The van der Waals surface area contributed by atoms with Gasteiger partial charge in [0.05, 0.1) is 27.0 Å². The summed E-state index contributed by atoms with van der Waals surface area (Å²) in [5.41, 5.74) is 7.02. The zero-order valence-electron chi connectivity index (χ0n) is 25.1. The Hall–Kier alpha value is -5.05. The maximum Gasteiger partial charge on any atom is 0.331 e. The second-order valence-corrected chi connectivity index (χ2v) is 13.2. The number of fused-ring (bicyclic) bond motifs is 4. The largest absolute Gasteiger partial charge is 0.331 e. The van der Waals surface area contributed by atoms with Crippen LogP contribution in [0, 0.1) is 0 Å². The standard InChI is InChI=1S/C38H29N3O3S2/c1-25(42)44-40-32(14-9-23-45-38-39-33-13-6-8-16-36(33)46-38)28-19-22-35-31(24-28)30-12-5-7-15-34(30)41(35)29-20-17-27(18-21-29)37(43)26-10-3-2-4-11-26/h2-8,10-13,15-22,24H,9,14,23H2,1H3. The quantitative estimate of drug-likeness (QED) is 0.0372. The van der Waals surface area contributed by atoms with Gasteiger partial charge in [-0.2, -0.15) is 0 Å². The number of aromatic nitrogens is 2. The average molecular weight is 640 g/mol. The number of carbonyl (C=O) groups excluding carboxylic acids is 2. The van der Waals surface area contributed by atoms with Crippen LogP contribution in [0.25, 0.3) is 37.7 Å². The van der Waals surface area contributed by atoms with Crippen LogP contribution in [0.1, 0.15) is 41.3 Å². The molecule has 0 saturated heterocycles. The zero-order valence-corrected chi connectivity index (χ0v) is 26.7. The molecule has 0 fully saturated rings. The number of nitrogens with zero attached hydrogens (tertiary/aromatic N) is 3. The molecule has 0 spiro atoms. The van der Waals surface area contributed by atoms with Crippen molar-refractivity contribution in [2.75, 3.05) is 5.75 Å². The van der Waals surface area contributed by atoms with Gasteiger partial charge in [0.15, 0.2) is 10.1 Å². The van der Waals surface area contributed by atoms with Crippen molar-refractivity contribution < 1.29 is 14.4 Å². The minimum absolute atomic E-state index is 0.00269. The van der Waals surface area contributed by atoms with Gasteiger partial charge < -0.3 is 9.40 Å². The molecule has 0 saturated carbocycles. The van der Waals surface area contributed by atoms with Gasteiger partial charge in [-0.15, -0.1) is 11.3 Å². The van der Waals surface area contributed by atoms with Gasteiger partial charge >= 0.3 is 5.97 Å². The second kappa shape index (κ2) is 13.1. The number of thiazole rings is 1. The van der Waals surface area contributed by atoms with Crippen LogP contribution < -0.4 is 0 Å².